The molecule has 23 heavy (non-hydrogen) atoms. The van der Waals surface area contributed by atoms with E-state index in [4.69, 9.17) is 4.74 Å². The quantitative estimate of drug-likeness (QED) is 0.440. The van der Waals surface area contributed by atoms with Gasteiger partial charge in [-0.3, -0.25) is 0 Å². The van der Waals surface area contributed by atoms with Gasteiger partial charge in [-0.05, 0) is 24.6 Å². The average molecular weight is 318 g/mol. The van der Waals surface area contributed by atoms with Crippen LogP contribution >= 0.6 is 0 Å². The topological polar surface area (TPSA) is 111 Å². The molecule has 5 N–H and O–H groups in total. The first-order valence-corrected chi connectivity index (χ1v) is 6.87. The summed E-state index contributed by atoms with van der Waals surface area (Å²) in [5.41, 5.74) is 1.04. The van der Waals surface area contributed by atoms with Gasteiger partial charge in [0.1, 0.15) is 5.75 Å². The third-order valence-electron chi connectivity index (χ3n) is 3.29. The molecule has 0 aliphatic heterocycles. The van der Waals surface area contributed by atoms with Gasteiger partial charge in [-0.15, -0.1) is 0 Å². The lowest BCUT2D eigenvalue weighted by molar-refractivity contribution is 0.249. The molecule has 0 saturated heterocycles. The molecule has 7 nitrogen and oxygen atoms in total. The van der Waals surface area contributed by atoms with Crippen LogP contribution in [0.2, 0.25) is 0 Å². The van der Waals surface area contributed by atoms with Gasteiger partial charge in [0.2, 0.25) is 0 Å². The smallest absolute Gasteiger partial charge is 0.319 e. The molecule has 0 fully saturated rings. The highest BCUT2D eigenvalue weighted by Gasteiger charge is 2.12. The lowest BCUT2D eigenvalue weighted by Gasteiger charge is -2.16. The number of carbonyl (C=O) groups excluding carboxylic acids is 1. The minimum absolute atomic E-state index is 0.150. The Bertz CT molecular complexity index is 677. The van der Waals surface area contributed by atoms with Gasteiger partial charge in [0.25, 0.3) is 0 Å². The summed E-state index contributed by atoms with van der Waals surface area (Å²) in [6.07, 6.45) is 0. The van der Waals surface area contributed by atoms with Crippen LogP contribution in [0.25, 0.3) is 0 Å². The number of amides is 2. The second-order valence-electron chi connectivity index (χ2n) is 4.96. The average Bonchev–Trinajstić information content (AvgIpc) is 2.52. The number of ether oxygens (including phenoxy) is 1. The molecule has 0 saturated carbocycles. The number of phenolic OH excluding ortho intramolecular Hbond substituents is 3. The standard InChI is InChI=1S/C16H18N2O5/c1-9(10-3-5-12(23-2)6-4-10)17-16(22)18-11-7-13(19)15(21)14(20)8-11/h3-9,19-21H,1-2H3,(H2,17,18,22). The minimum atomic E-state index is -0.637. The van der Waals surface area contributed by atoms with Gasteiger partial charge < -0.3 is 30.7 Å². The highest BCUT2D eigenvalue weighted by Crippen LogP contribution is 2.37. The first-order valence-electron chi connectivity index (χ1n) is 6.87. The van der Waals surface area contributed by atoms with Crippen LogP contribution in [0.3, 0.4) is 0 Å². The Morgan fingerprint density at radius 1 is 1.09 bits per heavy atom. The highest BCUT2D eigenvalue weighted by atomic mass is 16.5. The fourth-order valence-corrected chi connectivity index (χ4v) is 2.02. The molecular weight excluding hydrogens is 300 g/mol. The van der Waals surface area contributed by atoms with Crippen molar-refractivity contribution in [3.8, 4) is 23.0 Å². The van der Waals surface area contributed by atoms with E-state index in [1.165, 1.54) is 0 Å². The van der Waals surface area contributed by atoms with E-state index in [1.807, 2.05) is 19.1 Å². The van der Waals surface area contributed by atoms with Crippen LogP contribution in [0.15, 0.2) is 36.4 Å². The first-order chi connectivity index (χ1) is 10.9. The van der Waals surface area contributed by atoms with Gasteiger partial charge in [-0.25, -0.2) is 4.79 Å². The summed E-state index contributed by atoms with van der Waals surface area (Å²) in [5, 5.41) is 33.3. The fourth-order valence-electron chi connectivity index (χ4n) is 2.02. The van der Waals surface area contributed by atoms with Crippen LogP contribution in [0.1, 0.15) is 18.5 Å². The zero-order chi connectivity index (χ0) is 17.0. The van der Waals surface area contributed by atoms with Crippen molar-refractivity contribution in [2.75, 3.05) is 12.4 Å². The lowest BCUT2D eigenvalue weighted by atomic mass is 10.1. The Balaban J connectivity index is 2.01. The van der Waals surface area contributed by atoms with E-state index in [-0.39, 0.29) is 11.7 Å². The number of aromatic hydroxyl groups is 3. The number of urea groups is 1. The second-order valence-corrected chi connectivity index (χ2v) is 4.96. The summed E-state index contributed by atoms with van der Waals surface area (Å²) in [5.74, 6) is -0.963. The Labute approximate surface area is 133 Å². The fraction of sp³-hybridized carbons (Fsp3) is 0.188. The maximum Gasteiger partial charge on any atom is 0.319 e. The predicted octanol–water partition coefficient (Wildman–Crippen LogP) is 2.69. The molecule has 7 heteroatoms. The van der Waals surface area contributed by atoms with Crippen molar-refractivity contribution in [1.29, 1.82) is 0 Å². The highest BCUT2D eigenvalue weighted by molar-refractivity contribution is 5.90. The third-order valence-corrected chi connectivity index (χ3v) is 3.29. The number of benzene rings is 2. The van der Waals surface area contributed by atoms with Gasteiger partial charge in [0.15, 0.2) is 17.2 Å². The lowest BCUT2D eigenvalue weighted by Crippen LogP contribution is -2.31. The molecule has 2 amide bonds. The van der Waals surface area contributed by atoms with Gasteiger partial charge >= 0.3 is 6.03 Å². The first kappa shape index (κ1) is 16.3. The molecule has 2 rings (SSSR count). The molecule has 0 aliphatic carbocycles. The van der Waals surface area contributed by atoms with Crippen molar-refractivity contribution in [2.45, 2.75) is 13.0 Å². The van der Waals surface area contributed by atoms with E-state index < -0.39 is 23.3 Å². The Morgan fingerprint density at radius 2 is 1.65 bits per heavy atom. The number of phenols is 3. The summed E-state index contributed by atoms with van der Waals surface area (Å²) in [6.45, 7) is 1.81. The number of anilines is 1. The van der Waals surface area contributed by atoms with E-state index in [1.54, 1.807) is 19.2 Å². The molecule has 0 spiro atoms. The summed E-state index contributed by atoms with van der Waals surface area (Å²) in [7, 11) is 1.58. The zero-order valence-electron chi connectivity index (χ0n) is 12.7. The molecule has 0 aromatic heterocycles. The van der Waals surface area contributed by atoms with Gasteiger partial charge in [-0.1, -0.05) is 12.1 Å². The second kappa shape index (κ2) is 6.78. The van der Waals surface area contributed by atoms with Gasteiger partial charge in [0, 0.05) is 12.1 Å². The van der Waals surface area contributed by atoms with E-state index in [0.29, 0.717) is 0 Å². The van der Waals surface area contributed by atoms with Crippen molar-refractivity contribution >= 4 is 11.7 Å². The van der Waals surface area contributed by atoms with Gasteiger partial charge in [-0.2, -0.15) is 0 Å². The zero-order valence-corrected chi connectivity index (χ0v) is 12.7. The number of nitrogens with one attached hydrogen (secondary N) is 2. The third kappa shape index (κ3) is 3.97. The SMILES string of the molecule is COc1ccc(C(C)NC(=O)Nc2cc(O)c(O)c(O)c2)cc1. The van der Waals surface area contributed by atoms with E-state index in [0.717, 1.165) is 23.4 Å². The number of hydrogen-bond acceptors (Lipinski definition) is 5. The molecule has 0 bridgehead atoms. The summed E-state index contributed by atoms with van der Waals surface area (Å²) >= 11 is 0. The van der Waals surface area contributed by atoms with Crippen LogP contribution in [0.5, 0.6) is 23.0 Å². The summed E-state index contributed by atoms with van der Waals surface area (Å²) < 4.78 is 5.07. The van der Waals surface area contributed by atoms with Crippen molar-refractivity contribution in [3.05, 3.63) is 42.0 Å². The molecule has 122 valence electrons. The van der Waals surface area contributed by atoms with Crippen LogP contribution in [0.4, 0.5) is 10.5 Å². The van der Waals surface area contributed by atoms with Crippen molar-refractivity contribution in [3.63, 3.8) is 0 Å². The van der Waals surface area contributed by atoms with E-state index in [9.17, 15) is 20.1 Å². The molecule has 1 unspecified atom stereocenters. The molecule has 1 atom stereocenters. The monoisotopic (exact) mass is 318 g/mol. The molecule has 0 radical (unpaired) electrons. The maximum absolute atomic E-state index is 12.0. The molecule has 2 aromatic rings. The molecule has 0 heterocycles. The maximum atomic E-state index is 12.0. The minimum Gasteiger partial charge on any atom is -0.504 e. The van der Waals surface area contributed by atoms with Crippen molar-refractivity contribution < 1.29 is 24.9 Å². The van der Waals surface area contributed by atoms with Crippen molar-refractivity contribution in [2.24, 2.45) is 0 Å². The number of rotatable bonds is 4. The Morgan fingerprint density at radius 3 is 2.17 bits per heavy atom. The van der Waals surface area contributed by atoms with Crippen LogP contribution < -0.4 is 15.4 Å². The summed E-state index contributed by atoms with van der Waals surface area (Å²) in [6, 6.07) is 8.74. The van der Waals surface area contributed by atoms with Crippen LogP contribution in [-0.2, 0) is 0 Å². The normalized spacial score (nSPS) is 11.6. The summed E-state index contributed by atoms with van der Waals surface area (Å²) in [4.78, 5) is 12.0. The number of methoxy groups -OCH3 is 1. The van der Waals surface area contributed by atoms with Crippen molar-refractivity contribution in [1.82, 2.24) is 5.32 Å². The molecule has 2 aromatic carbocycles. The van der Waals surface area contributed by atoms with Crippen LogP contribution in [-0.4, -0.2) is 28.5 Å². The molecular formula is C16H18N2O5. The van der Waals surface area contributed by atoms with E-state index in [2.05, 4.69) is 10.6 Å². The number of hydrogen-bond donors (Lipinski definition) is 5. The predicted molar refractivity (Wildman–Crippen MR) is 85.0 cm³/mol. The largest absolute Gasteiger partial charge is 0.504 e. The number of carbonyl (C=O) groups is 1. The Hall–Kier alpha value is -3.09. The van der Waals surface area contributed by atoms with E-state index >= 15 is 0 Å². The van der Waals surface area contributed by atoms with Crippen LogP contribution in [0, 0.1) is 0 Å². The van der Waals surface area contributed by atoms with Gasteiger partial charge in [0.05, 0.1) is 18.8 Å². The Kier molecular flexibility index (Phi) is 4.80. The molecule has 0 aliphatic rings.